The van der Waals surface area contributed by atoms with E-state index in [4.69, 9.17) is 31.2 Å². The van der Waals surface area contributed by atoms with Crippen LogP contribution in [-0.4, -0.2) is 19.0 Å². The molecule has 1 atom stereocenters. The van der Waals surface area contributed by atoms with Crippen LogP contribution in [0.4, 0.5) is 0 Å². The van der Waals surface area contributed by atoms with E-state index < -0.39 is 11.9 Å². The number of ether oxygens (including phenoxy) is 2. The lowest BCUT2D eigenvalue weighted by atomic mass is 9.87. The average molecular weight is 309 g/mol. The van der Waals surface area contributed by atoms with E-state index in [0.717, 1.165) is 0 Å². The van der Waals surface area contributed by atoms with E-state index in [1.165, 1.54) is 7.11 Å². The smallest absolute Gasteiger partial charge is 0.338 e. The van der Waals surface area contributed by atoms with Gasteiger partial charge in [0.2, 0.25) is 5.88 Å². The van der Waals surface area contributed by atoms with E-state index in [9.17, 15) is 10.1 Å². The topological polar surface area (TPSA) is 98.5 Å². The van der Waals surface area contributed by atoms with Crippen molar-refractivity contribution in [1.29, 1.82) is 5.26 Å². The summed E-state index contributed by atoms with van der Waals surface area (Å²) in [5, 5.41) is 9.31. The fourth-order valence-corrected chi connectivity index (χ4v) is 2.34. The Morgan fingerprint density at radius 1 is 1.57 bits per heavy atom. The van der Waals surface area contributed by atoms with Crippen molar-refractivity contribution >= 4 is 17.6 Å². The highest BCUT2D eigenvalue weighted by molar-refractivity contribution is 6.19. The van der Waals surface area contributed by atoms with Crippen LogP contribution in [0.1, 0.15) is 17.4 Å². The minimum absolute atomic E-state index is 0.0821. The molecule has 0 bridgehead atoms. The van der Waals surface area contributed by atoms with E-state index in [2.05, 4.69) is 0 Å². The Hall–Kier alpha value is -2.39. The molecule has 0 spiro atoms. The van der Waals surface area contributed by atoms with Gasteiger partial charge in [0.25, 0.3) is 0 Å². The Labute approximate surface area is 126 Å². The van der Waals surface area contributed by atoms with Crippen LogP contribution in [0.3, 0.4) is 0 Å². The molecule has 2 heterocycles. The zero-order valence-corrected chi connectivity index (χ0v) is 12.2. The van der Waals surface area contributed by atoms with Crippen LogP contribution in [0.25, 0.3) is 0 Å². The molecule has 0 fully saturated rings. The van der Waals surface area contributed by atoms with Gasteiger partial charge in [-0.05, 0) is 19.1 Å². The van der Waals surface area contributed by atoms with E-state index >= 15 is 0 Å². The number of carbonyl (C=O) groups is 1. The average Bonchev–Trinajstić information content (AvgIpc) is 2.91. The normalized spacial score (nSPS) is 18.3. The lowest BCUT2D eigenvalue weighted by molar-refractivity contribution is -0.136. The van der Waals surface area contributed by atoms with E-state index in [-0.39, 0.29) is 28.7 Å². The largest absolute Gasteiger partial charge is 0.466 e. The number of nitrogens with zero attached hydrogens (tertiary/aromatic N) is 1. The predicted molar refractivity (Wildman–Crippen MR) is 73.9 cm³/mol. The molecule has 110 valence electrons. The van der Waals surface area contributed by atoms with Crippen molar-refractivity contribution in [3.05, 3.63) is 46.4 Å². The van der Waals surface area contributed by atoms with Gasteiger partial charge in [-0.15, -0.1) is 11.6 Å². The summed E-state index contributed by atoms with van der Waals surface area (Å²) >= 11 is 5.81. The SMILES string of the molecule is COC(=O)C1=C(CCl)OC(N)=C(C#N)C1c1ccc(C)o1. The standard InChI is InChI=1S/C14H13ClN2O4/c1-7-3-4-9(20-7)11-8(6-16)13(17)21-10(5-15)12(11)14(18)19-2/h3-4,11H,5,17H2,1-2H3. The van der Waals surface area contributed by atoms with Crippen LogP contribution >= 0.6 is 11.6 Å². The maximum atomic E-state index is 12.1. The summed E-state index contributed by atoms with van der Waals surface area (Å²) in [6.07, 6.45) is 0. The molecule has 1 aromatic heterocycles. The van der Waals surface area contributed by atoms with Crippen molar-refractivity contribution in [2.75, 3.05) is 13.0 Å². The Kier molecular flexibility index (Phi) is 4.24. The van der Waals surface area contributed by atoms with Gasteiger partial charge in [0.05, 0.1) is 24.5 Å². The Morgan fingerprint density at radius 3 is 2.76 bits per heavy atom. The summed E-state index contributed by atoms with van der Waals surface area (Å²) < 4.78 is 15.6. The number of rotatable bonds is 3. The summed E-state index contributed by atoms with van der Waals surface area (Å²) in [5.41, 5.74) is 5.94. The van der Waals surface area contributed by atoms with Crippen molar-refractivity contribution in [1.82, 2.24) is 0 Å². The molecule has 0 aliphatic carbocycles. The first-order valence-electron chi connectivity index (χ1n) is 6.04. The number of esters is 1. The van der Waals surface area contributed by atoms with Gasteiger partial charge >= 0.3 is 5.97 Å². The first-order valence-corrected chi connectivity index (χ1v) is 6.58. The molecule has 0 saturated heterocycles. The summed E-state index contributed by atoms with van der Waals surface area (Å²) in [6, 6.07) is 5.35. The zero-order valence-electron chi connectivity index (χ0n) is 11.5. The molecule has 0 aromatic carbocycles. The van der Waals surface area contributed by atoms with Crippen molar-refractivity contribution in [3.63, 3.8) is 0 Å². The number of furan rings is 1. The van der Waals surface area contributed by atoms with Gasteiger partial charge in [0, 0.05) is 0 Å². The van der Waals surface area contributed by atoms with Gasteiger partial charge in [-0.25, -0.2) is 4.79 Å². The first-order chi connectivity index (χ1) is 10.0. The minimum atomic E-state index is -0.793. The zero-order chi connectivity index (χ0) is 15.6. The third-order valence-corrected chi connectivity index (χ3v) is 3.31. The third-order valence-electron chi connectivity index (χ3n) is 3.07. The van der Waals surface area contributed by atoms with E-state index in [1.54, 1.807) is 19.1 Å². The lowest BCUT2D eigenvalue weighted by Gasteiger charge is -2.25. The van der Waals surface area contributed by atoms with Crippen molar-refractivity contribution in [3.8, 4) is 6.07 Å². The number of nitrogens with two attached hydrogens (primary N) is 1. The summed E-state index contributed by atoms with van der Waals surface area (Å²) in [7, 11) is 1.24. The third kappa shape index (κ3) is 2.60. The van der Waals surface area contributed by atoms with Crippen LogP contribution in [0.15, 0.2) is 39.3 Å². The van der Waals surface area contributed by atoms with Gasteiger partial charge in [0.15, 0.2) is 0 Å². The minimum Gasteiger partial charge on any atom is -0.466 e. The summed E-state index contributed by atoms with van der Waals surface area (Å²) in [4.78, 5) is 12.1. The van der Waals surface area contributed by atoms with Gasteiger partial charge in [-0.3, -0.25) is 0 Å². The van der Waals surface area contributed by atoms with Crippen LogP contribution in [0.5, 0.6) is 0 Å². The molecule has 2 N–H and O–H groups in total. The quantitative estimate of drug-likeness (QED) is 0.678. The first kappa shape index (κ1) is 15.0. The monoisotopic (exact) mass is 308 g/mol. The summed E-state index contributed by atoms with van der Waals surface area (Å²) in [5.74, 6) is -0.426. The highest BCUT2D eigenvalue weighted by Crippen LogP contribution is 2.40. The molecule has 0 radical (unpaired) electrons. The molecular formula is C14H13ClN2O4. The molecule has 0 saturated carbocycles. The van der Waals surface area contributed by atoms with Gasteiger partial charge in [-0.1, -0.05) is 0 Å². The number of alkyl halides is 1. The van der Waals surface area contributed by atoms with Gasteiger partial charge in [0.1, 0.15) is 28.9 Å². The highest BCUT2D eigenvalue weighted by Gasteiger charge is 2.38. The lowest BCUT2D eigenvalue weighted by Crippen LogP contribution is -2.26. The van der Waals surface area contributed by atoms with E-state index in [0.29, 0.717) is 11.5 Å². The molecule has 1 aliphatic rings. The van der Waals surface area contributed by atoms with Crippen molar-refractivity contribution < 1.29 is 18.7 Å². The fourth-order valence-electron chi connectivity index (χ4n) is 2.14. The molecule has 0 amide bonds. The molecule has 2 rings (SSSR count). The number of aryl methyl sites for hydroxylation is 1. The number of methoxy groups -OCH3 is 1. The number of carbonyl (C=O) groups excluding carboxylic acids is 1. The highest BCUT2D eigenvalue weighted by atomic mass is 35.5. The van der Waals surface area contributed by atoms with Gasteiger partial charge in [-0.2, -0.15) is 5.26 Å². The maximum absolute atomic E-state index is 12.1. The molecular weight excluding hydrogens is 296 g/mol. The van der Waals surface area contributed by atoms with Crippen LogP contribution in [0.2, 0.25) is 0 Å². The van der Waals surface area contributed by atoms with Crippen molar-refractivity contribution in [2.24, 2.45) is 5.73 Å². The number of nitriles is 1. The second-order valence-corrected chi connectivity index (χ2v) is 4.60. The molecule has 1 aliphatic heterocycles. The molecule has 6 nitrogen and oxygen atoms in total. The van der Waals surface area contributed by atoms with Crippen LogP contribution in [-0.2, 0) is 14.3 Å². The number of halogens is 1. The molecule has 21 heavy (non-hydrogen) atoms. The maximum Gasteiger partial charge on any atom is 0.338 e. The van der Waals surface area contributed by atoms with Crippen LogP contribution in [0, 0.1) is 18.3 Å². The summed E-state index contributed by atoms with van der Waals surface area (Å²) in [6.45, 7) is 1.76. The number of allylic oxidation sites excluding steroid dienone is 2. The van der Waals surface area contributed by atoms with Crippen molar-refractivity contribution in [2.45, 2.75) is 12.8 Å². The number of hydrogen-bond donors (Lipinski definition) is 1. The Morgan fingerprint density at radius 2 is 2.29 bits per heavy atom. The van der Waals surface area contributed by atoms with E-state index in [1.807, 2.05) is 6.07 Å². The van der Waals surface area contributed by atoms with Gasteiger partial charge < -0.3 is 19.6 Å². The fraction of sp³-hybridized carbons (Fsp3) is 0.286. The molecule has 1 aromatic rings. The van der Waals surface area contributed by atoms with Crippen LogP contribution < -0.4 is 5.73 Å². The Balaban J connectivity index is 2.66. The predicted octanol–water partition coefficient (Wildman–Crippen LogP) is 2.06. The second-order valence-electron chi connectivity index (χ2n) is 4.34. The molecule has 7 heteroatoms. The number of hydrogen-bond acceptors (Lipinski definition) is 6. The second kappa shape index (κ2) is 5.94. The molecule has 1 unspecified atom stereocenters. The Bertz CT molecular complexity index is 681.